The molecule has 138 valence electrons. The van der Waals surface area contributed by atoms with Gasteiger partial charge in [0.1, 0.15) is 10.8 Å². The molecule has 27 heavy (non-hydrogen) atoms. The highest BCUT2D eigenvalue weighted by molar-refractivity contribution is 8.13. The number of methoxy groups -OCH3 is 1. The maximum absolute atomic E-state index is 13.2. The molecule has 4 rings (SSSR count). The summed E-state index contributed by atoms with van der Waals surface area (Å²) in [6.07, 6.45) is 0. The lowest BCUT2D eigenvalue weighted by Crippen LogP contribution is -2.34. The minimum Gasteiger partial charge on any atom is -0.383 e. The third kappa shape index (κ3) is 3.96. The lowest BCUT2D eigenvalue weighted by atomic mass is 10.1. The number of rotatable bonds is 4. The average Bonchev–Trinajstić information content (AvgIpc) is 2.66. The van der Waals surface area contributed by atoms with E-state index in [4.69, 9.17) is 14.7 Å². The van der Waals surface area contributed by atoms with Crippen LogP contribution in [0.15, 0.2) is 58.5 Å². The predicted octanol–water partition coefficient (Wildman–Crippen LogP) is 4.92. The molecule has 0 bridgehead atoms. The first-order chi connectivity index (χ1) is 13.1. The van der Waals surface area contributed by atoms with Crippen molar-refractivity contribution in [3.8, 4) is 0 Å². The van der Waals surface area contributed by atoms with E-state index < -0.39 is 0 Å². The van der Waals surface area contributed by atoms with Crippen LogP contribution in [-0.4, -0.2) is 35.3 Å². The predicted molar refractivity (Wildman–Crippen MR) is 108 cm³/mol. The second-order valence-corrected chi connectivity index (χ2v) is 7.49. The molecule has 0 saturated heterocycles. The van der Waals surface area contributed by atoms with Crippen LogP contribution in [0.3, 0.4) is 0 Å². The smallest absolute Gasteiger partial charge is 0.171 e. The summed E-state index contributed by atoms with van der Waals surface area (Å²) in [6.45, 7) is 4.15. The van der Waals surface area contributed by atoms with Gasteiger partial charge in [0.15, 0.2) is 5.17 Å². The van der Waals surface area contributed by atoms with Gasteiger partial charge in [-0.05, 0) is 61.2 Å². The molecule has 0 spiro atoms. The molecule has 1 aromatic heterocycles. The third-order valence-corrected chi connectivity index (χ3v) is 5.52. The van der Waals surface area contributed by atoms with E-state index in [0.717, 1.165) is 39.9 Å². The average molecular weight is 381 g/mol. The van der Waals surface area contributed by atoms with Gasteiger partial charge in [0.2, 0.25) is 0 Å². The standard InChI is InChI=1S/C21H20FN3OS/c1-14-3-8-19-15(11-14)12-16-13-25(9-10-26-2)21(27-20(16)24-19)23-18-6-4-17(22)5-7-18/h3-8,11-12H,9-10,13H2,1-2H3. The molecule has 0 unspecified atom stereocenters. The van der Waals surface area contributed by atoms with Crippen molar-refractivity contribution in [2.75, 3.05) is 20.3 Å². The molecule has 0 aliphatic carbocycles. The fourth-order valence-electron chi connectivity index (χ4n) is 3.04. The van der Waals surface area contributed by atoms with Crippen LogP contribution in [0, 0.1) is 12.7 Å². The molecule has 2 aromatic carbocycles. The van der Waals surface area contributed by atoms with Crippen LogP contribution in [-0.2, 0) is 11.3 Å². The number of halogens is 1. The maximum atomic E-state index is 13.2. The van der Waals surface area contributed by atoms with Crippen molar-refractivity contribution in [3.63, 3.8) is 0 Å². The molecule has 0 fully saturated rings. The number of thioether (sulfide) groups is 1. The van der Waals surface area contributed by atoms with E-state index in [1.807, 2.05) is 0 Å². The minimum atomic E-state index is -0.264. The summed E-state index contributed by atoms with van der Waals surface area (Å²) in [5.74, 6) is -0.264. The Balaban J connectivity index is 1.73. The number of aryl methyl sites for hydroxylation is 1. The van der Waals surface area contributed by atoms with Gasteiger partial charge in [0.05, 0.1) is 17.8 Å². The second-order valence-electron chi connectivity index (χ2n) is 6.54. The summed E-state index contributed by atoms with van der Waals surface area (Å²) in [4.78, 5) is 11.8. The van der Waals surface area contributed by atoms with E-state index in [0.29, 0.717) is 6.61 Å². The number of nitrogens with zero attached hydrogens (tertiary/aromatic N) is 3. The van der Waals surface area contributed by atoms with Crippen LogP contribution in [0.5, 0.6) is 0 Å². The van der Waals surface area contributed by atoms with Crippen LogP contribution >= 0.6 is 11.8 Å². The number of aromatic nitrogens is 1. The van der Waals surface area contributed by atoms with Crippen LogP contribution < -0.4 is 0 Å². The van der Waals surface area contributed by atoms with Gasteiger partial charge >= 0.3 is 0 Å². The first kappa shape index (κ1) is 17.9. The largest absolute Gasteiger partial charge is 0.383 e. The Morgan fingerprint density at radius 3 is 2.78 bits per heavy atom. The molecule has 3 aromatic rings. The SMILES string of the molecule is COCCN1Cc2cc3cc(C)ccc3nc2SC1=Nc1ccc(F)cc1. The van der Waals surface area contributed by atoms with E-state index in [-0.39, 0.29) is 5.82 Å². The first-order valence-electron chi connectivity index (χ1n) is 8.78. The van der Waals surface area contributed by atoms with Crippen molar-refractivity contribution in [3.05, 3.63) is 65.5 Å². The Kier molecular flexibility index (Phi) is 5.09. The van der Waals surface area contributed by atoms with E-state index in [1.54, 1.807) is 31.0 Å². The number of amidine groups is 1. The number of fused-ring (bicyclic) bond motifs is 2. The van der Waals surface area contributed by atoms with Crippen molar-refractivity contribution < 1.29 is 9.13 Å². The van der Waals surface area contributed by atoms with Gasteiger partial charge in [-0.15, -0.1) is 0 Å². The molecular formula is C21H20FN3OS. The first-order valence-corrected chi connectivity index (χ1v) is 9.60. The fraction of sp³-hybridized carbons (Fsp3) is 0.238. The van der Waals surface area contributed by atoms with Crippen LogP contribution in [0.1, 0.15) is 11.1 Å². The minimum absolute atomic E-state index is 0.264. The van der Waals surface area contributed by atoms with Crippen LogP contribution in [0.25, 0.3) is 10.9 Å². The second kappa shape index (κ2) is 7.66. The highest BCUT2D eigenvalue weighted by Gasteiger charge is 2.24. The Bertz CT molecular complexity index is 1000. The summed E-state index contributed by atoms with van der Waals surface area (Å²) in [7, 11) is 1.69. The summed E-state index contributed by atoms with van der Waals surface area (Å²) in [5.41, 5.74) is 4.12. The van der Waals surface area contributed by atoms with Crippen molar-refractivity contribution >= 4 is 33.5 Å². The molecule has 0 amide bonds. The van der Waals surface area contributed by atoms with Crippen molar-refractivity contribution in [1.29, 1.82) is 0 Å². The number of hydrogen-bond acceptors (Lipinski definition) is 4. The number of hydrogen-bond donors (Lipinski definition) is 0. The van der Waals surface area contributed by atoms with Crippen molar-refractivity contribution in [2.45, 2.75) is 18.5 Å². The van der Waals surface area contributed by atoms with Crippen LogP contribution in [0.2, 0.25) is 0 Å². The summed E-state index contributed by atoms with van der Waals surface area (Å²) < 4.78 is 18.5. The molecular weight excluding hydrogens is 361 g/mol. The van der Waals surface area contributed by atoms with E-state index in [9.17, 15) is 4.39 Å². The number of pyridine rings is 1. The van der Waals surface area contributed by atoms with E-state index in [2.05, 4.69) is 36.1 Å². The van der Waals surface area contributed by atoms with E-state index >= 15 is 0 Å². The van der Waals surface area contributed by atoms with Gasteiger partial charge in [0.25, 0.3) is 0 Å². The van der Waals surface area contributed by atoms with Crippen molar-refractivity contribution in [2.24, 2.45) is 4.99 Å². The molecule has 0 saturated carbocycles. The van der Waals surface area contributed by atoms with Crippen LogP contribution in [0.4, 0.5) is 10.1 Å². The molecule has 4 nitrogen and oxygen atoms in total. The number of ether oxygens (including phenoxy) is 1. The van der Waals surface area contributed by atoms with Gasteiger partial charge < -0.3 is 9.64 Å². The van der Waals surface area contributed by atoms with Crippen molar-refractivity contribution in [1.82, 2.24) is 9.88 Å². The monoisotopic (exact) mass is 381 g/mol. The van der Waals surface area contributed by atoms with E-state index in [1.165, 1.54) is 23.3 Å². The lowest BCUT2D eigenvalue weighted by molar-refractivity contribution is 0.174. The Morgan fingerprint density at radius 2 is 2.00 bits per heavy atom. The Hall–Kier alpha value is -2.44. The number of aliphatic imine (C=N–C) groups is 1. The molecule has 0 radical (unpaired) electrons. The molecule has 0 N–H and O–H groups in total. The zero-order valence-electron chi connectivity index (χ0n) is 15.3. The lowest BCUT2D eigenvalue weighted by Gasteiger charge is -2.30. The number of benzene rings is 2. The summed E-state index contributed by atoms with van der Waals surface area (Å²) in [5, 5.41) is 2.98. The Labute approximate surface area is 162 Å². The van der Waals surface area contributed by atoms with Gasteiger partial charge in [-0.1, -0.05) is 11.6 Å². The maximum Gasteiger partial charge on any atom is 0.171 e. The zero-order chi connectivity index (χ0) is 18.8. The molecule has 2 heterocycles. The van der Waals surface area contributed by atoms with Gasteiger partial charge in [-0.2, -0.15) is 0 Å². The Morgan fingerprint density at radius 1 is 1.19 bits per heavy atom. The van der Waals surface area contributed by atoms with Gasteiger partial charge in [-0.3, -0.25) is 0 Å². The molecule has 0 atom stereocenters. The third-order valence-electron chi connectivity index (χ3n) is 4.45. The summed E-state index contributed by atoms with van der Waals surface area (Å²) >= 11 is 1.55. The topological polar surface area (TPSA) is 37.7 Å². The fourth-order valence-corrected chi connectivity index (χ4v) is 4.05. The van der Waals surface area contributed by atoms with Gasteiger partial charge in [-0.25, -0.2) is 14.4 Å². The molecule has 1 aliphatic heterocycles. The molecule has 6 heteroatoms. The zero-order valence-corrected chi connectivity index (χ0v) is 16.1. The quantitative estimate of drug-likeness (QED) is 0.643. The highest BCUT2D eigenvalue weighted by atomic mass is 32.2. The highest BCUT2D eigenvalue weighted by Crippen LogP contribution is 2.34. The summed E-state index contributed by atoms with van der Waals surface area (Å²) in [6, 6.07) is 14.7. The molecule has 1 aliphatic rings. The normalized spacial score (nSPS) is 15.4. The van der Waals surface area contributed by atoms with Gasteiger partial charge in [0, 0.05) is 31.1 Å².